The number of hydrogen-bond acceptors (Lipinski definition) is 7. The molecule has 0 aliphatic heterocycles. The maximum Gasteiger partial charge on any atom is 0.326 e. The third kappa shape index (κ3) is 14.0. The summed E-state index contributed by atoms with van der Waals surface area (Å²) in [6.45, 7) is 0.573. The van der Waals surface area contributed by atoms with Crippen LogP contribution in [0, 0.1) is 0 Å². The molecule has 0 saturated heterocycles. The highest BCUT2D eigenvalue weighted by atomic mass is 79.9. The third-order valence-corrected chi connectivity index (χ3v) is 7.28. The van der Waals surface area contributed by atoms with Crippen molar-refractivity contribution in [1.82, 2.24) is 21.3 Å². The van der Waals surface area contributed by atoms with E-state index < -0.39 is 24.0 Å². The minimum absolute atomic E-state index is 0.00912. The maximum absolute atomic E-state index is 13.2. The molecule has 5 N–H and O–H groups in total. The van der Waals surface area contributed by atoms with Crippen molar-refractivity contribution in [3.8, 4) is 0 Å². The van der Waals surface area contributed by atoms with Crippen molar-refractivity contribution >= 4 is 79.7 Å². The van der Waals surface area contributed by atoms with Crippen LogP contribution in [-0.4, -0.2) is 74.9 Å². The number of alkyl halides is 1. The van der Waals surface area contributed by atoms with Gasteiger partial charge in [0.05, 0.1) is 28.1 Å². The highest BCUT2D eigenvalue weighted by molar-refractivity contribution is 9.09. The van der Waals surface area contributed by atoms with Crippen molar-refractivity contribution in [3.05, 3.63) is 71.8 Å². The van der Waals surface area contributed by atoms with E-state index in [-0.39, 0.29) is 60.0 Å². The molecule has 0 aromatic heterocycles. The molecular formula is C30H35BrN4O6S2. The van der Waals surface area contributed by atoms with Crippen molar-refractivity contribution in [3.63, 3.8) is 0 Å². The van der Waals surface area contributed by atoms with Gasteiger partial charge in [-0.05, 0) is 25.7 Å². The molecule has 10 nitrogen and oxygen atoms in total. The van der Waals surface area contributed by atoms with Gasteiger partial charge in [0.25, 0.3) is 0 Å². The Morgan fingerprint density at radius 1 is 0.698 bits per heavy atom. The monoisotopic (exact) mass is 690 g/mol. The number of hydrogen-bond donors (Lipinski definition) is 5. The molecule has 0 radical (unpaired) electrons. The van der Waals surface area contributed by atoms with E-state index in [0.717, 1.165) is 0 Å². The number of unbranched alkanes of at least 4 members (excludes halogenated alkanes) is 1. The summed E-state index contributed by atoms with van der Waals surface area (Å²) in [6.07, 6.45) is 1.13. The van der Waals surface area contributed by atoms with Gasteiger partial charge in [-0.15, -0.1) is 0 Å². The smallest absolute Gasteiger partial charge is 0.326 e. The number of ketones is 2. The molecule has 0 spiro atoms. The Balaban J connectivity index is 1.99. The molecule has 0 saturated carbocycles. The number of amides is 2. The van der Waals surface area contributed by atoms with Gasteiger partial charge in [0, 0.05) is 24.2 Å². The molecule has 13 heteroatoms. The topological polar surface area (TPSA) is 154 Å². The minimum Gasteiger partial charge on any atom is -0.480 e. The van der Waals surface area contributed by atoms with E-state index in [0.29, 0.717) is 35.5 Å². The van der Waals surface area contributed by atoms with Gasteiger partial charge in [0.1, 0.15) is 12.1 Å². The number of thiocarbonyl (C=S) groups is 2. The number of aliphatic carboxylic acids is 1. The summed E-state index contributed by atoms with van der Waals surface area (Å²) in [4.78, 5) is 62.0. The fourth-order valence-electron chi connectivity index (χ4n) is 3.95. The summed E-state index contributed by atoms with van der Waals surface area (Å²) in [5.74, 6) is -2.36. The standard InChI is InChI=1S/C30H35BrN4O6S2/c31-19-26(38)32-15-8-7-13-23(30(40)41)35-29(39)22(34-28(43)18-25(37)21-11-5-2-6-12-21)14-16-33-27(42)17-24(36)20-9-3-1-4-10-20/h1-6,9-12,22-23H,7-8,13-19H2,(H,32,38)(H,33,42)(H,34,43)(H,35,39)(H,40,41). The molecule has 230 valence electrons. The quantitative estimate of drug-likeness (QED) is 0.0642. The molecule has 2 aromatic carbocycles. The van der Waals surface area contributed by atoms with Crippen molar-refractivity contribution < 1.29 is 29.1 Å². The summed E-state index contributed by atoms with van der Waals surface area (Å²) in [5, 5.41) is 21.0. The Bertz CT molecular complexity index is 1280. The van der Waals surface area contributed by atoms with Crippen LogP contribution >= 0.6 is 40.4 Å². The normalized spacial score (nSPS) is 11.8. The number of nitrogens with one attached hydrogen (secondary N) is 4. The Kier molecular flexibility index (Phi) is 16.2. The van der Waals surface area contributed by atoms with Gasteiger partial charge in [-0.1, -0.05) is 101 Å². The molecule has 2 atom stereocenters. The number of rotatable bonds is 19. The second-order valence-electron chi connectivity index (χ2n) is 9.57. The van der Waals surface area contributed by atoms with Crippen molar-refractivity contribution in [1.29, 1.82) is 0 Å². The van der Waals surface area contributed by atoms with Crippen LogP contribution < -0.4 is 21.3 Å². The number of carbonyl (C=O) groups excluding carboxylic acids is 4. The van der Waals surface area contributed by atoms with Crippen LogP contribution in [0.1, 0.15) is 59.2 Å². The SMILES string of the molecule is O=C(CBr)NCCCCC(NC(=O)C(CCNC(=S)CC(=O)c1ccccc1)NC(=S)CC(=O)c1ccccc1)C(=O)O. The predicted octanol–water partition coefficient (Wildman–Crippen LogP) is 3.38. The minimum atomic E-state index is -1.20. The molecule has 0 bridgehead atoms. The number of benzene rings is 2. The van der Waals surface area contributed by atoms with Gasteiger partial charge in [-0.25, -0.2) is 4.79 Å². The summed E-state index contributed by atoms with van der Waals surface area (Å²) in [7, 11) is 0. The first-order valence-electron chi connectivity index (χ1n) is 13.7. The van der Waals surface area contributed by atoms with Crippen LogP contribution in [-0.2, 0) is 14.4 Å². The van der Waals surface area contributed by atoms with Crippen molar-refractivity contribution in [2.75, 3.05) is 18.4 Å². The lowest BCUT2D eigenvalue weighted by molar-refractivity contribution is -0.142. The summed E-state index contributed by atoms with van der Waals surface area (Å²) in [5.41, 5.74) is 1.00. The zero-order chi connectivity index (χ0) is 31.6. The number of carboxylic acid groups (broad SMARTS) is 1. The largest absolute Gasteiger partial charge is 0.480 e. The van der Waals surface area contributed by atoms with Crippen LogP contribution in [0.3, 0.4) is 0 Å². The zero-order valence-electron chi connectivity index (χ0n) is 23.5. The Morgan fingerprint density at radius 3 is 1.79 bits per heavy atom. The van der Waals surface area contributed by atoms with Gasteiger partial charge in [-0.3, -0.25) is 19.2 Å². The van der Waals surface area contributed by atoms with Crippen molar-refractivity contribution in [2.24, 2.45) is 0 Å². The highest BCUT2D eigenvalue weighted by Gasteiger charge is 2.26. The molecule has 0 fully saturated rings. The third-order valence-electron chi connectivity index (χ3n) is 6.22. The van der Waals surface area contributed by atoms with E-state index in [9.17, 15) is 29.1 Å². The van der Waals surface area contributed by atoms with Crippen molar-refractivity contribution in [2.45, 2.75) is 50.6 Å². The Morgan fingerprint density at radius 2 is 1.26 bits per heavy atom. The second kappa shape index (κ2) is 19.6. The lowest BCUT2D eigenvalue weighted by atomic mass is 10.1. The molecule has 2 amide bonds. The van der Waals surface area contributed by atoms with E-state index in [1.807, 2.05) is 6.07 Å². The molecule has 0 aliphatic carbocycles. The zero-order valence-corrected chi connectivity index (χ0v) is 26.7. The average molecular weight is 692 g/mol. The molecule has 2 rings (SSSR count). The van der Waals surface area contributed by atoms with Gasteiger partial charge in [0.15, 0.2) is 11.6 Å². The van der Waals surface area contributed by atoms with Crippen LogP contribution in [0.4, 0.5) is 0 Å². The van der Waals surface area contributed by atoms with Gasteiger partial charge < -0.3 is 26.4 Å². The summed E-state index contributed by atoms with van der Waals surface area (Å²) < 4.78 is 0. The molecule has 2 aromatic rings. The Hall–Kier alpha value is -3.55. The van der Waals surface area contributed by atoms with Gasteiger partial charge >= 0.3 is 5.97 Å². The molecule has 43 heavy (non-hydrogen) atoms. The van der Waals surface area contributed by atoms with E-state index in [2.05, 4.69) is 37.2 Å². The summed E-state index contributed by atoms with van der Waals surface area (Å²) in [6, 6.07) is 15.2. The fourth-order valence-corrected chi connectivity index (χ4v) is 4.66. The van der Waals surface area contributed by atoms with Crippen LogP contribution in [0.2, 0.25) is 0 Å². The lowest BCUT2D eigenvalue weighted by Crippen LogP contribution is -2.52. The van der Waals surface area contributed by atoms with Gasteiger partial charge in [0.2, 0.25) is 11.8 Å². The number of Topliss-reactive ketones (excluding diaryl/α,β-unsaturated/α-hetero) is 2. The second-order valence-corrected chi connectivity index (χ2v) is 11.1. The van der Waals surface area contributed by atoms with Crippen LogP contribution in [0.5, 0.6) is 0 Å². The Labute approximate surface area is 269 Å². The van der Waals surface area contributed by atoms with Gasteiger partial charge in [-0.2, -0.15) is 0 Å². The first-order chi connectivity index (χ1) is 20.6. The summed E-state index contributed by atoms with van der Waals surface area (Å²) >= 11 is 13.7. The van der Waals surface area contributed by atoms with Crippen LogP contribution in [0.25, 0.3) is 0 Å². The van der Waals surface area contributed by atoms with Crippen LogP contribution in [0.15, 0.2) is 60.7 Å². The molecule has 2 unspecified atom stereocenters. The van der Waals surface area contributed by atoms with E-state index in [1.54, 1.807) is 54.6 Å². The molecular weight excluding hydrogens is 656 g/mol. The van der Waals surface area contributed by atoms with E-state index >= 15 is 0 Å². The number of halogens is 1. The lowest BCUT2D eigenvalue weighted by Gasteiger charge is -2.23. The van der Waals surface area contributed by atoms with E-state index in [1.165, 1.54) is 0 Å². The first kappa shape index (κ1) is 35.6. The first-order valence-corrected chi connectivity index (χ1v) is 15.6. The fraction of sp³-hybridized carbons (Fsp3) is 0.367. The molecule has 0 heterocycles. The molecule has 0 aliphatic rings. The van der Waals surface area contributed by atoms with E-state index in [4.69, 9.17) is 24.4 Å². The average Bonchev–Trinajstić information content (AvgIpc) is 3.00. The number of carbonyl (C=O) groups is 5. The highest BCUT2D eigenvalue weighted by Crippen LogP contribution is 2.07. The predicted molar refractivity (Wildman–Crippen MR) is 176 cm³/mol. The maximum atomic E-state index is 13.2. The number of carboxylic acids is 1.